The fourth-order valence-corrected chi connectivity index (χ4v) is 2.54. The number of alkyl halides is 3. The van der Waals surface area contributed by atoms with E-state index >= 15 is 0 Å². The average Bonchev–Trinajstić information content (AvgIpc) is 2.81. The van der Waals surface area contributed by atoms with Gasteiger partial charge >= 0.3 is 6.18 Å². The second-order valence-corrected chi connectivity index (χ2v) is 5.56. The molecule has 1 saturated heterocycles. The number of nitrogens with zero attached hydrogens (tertiary/aromatic N) is 3. The number of carbonyl (C=O) groups excluding carboxylic acids is 1. The summed E-state index contributed by atoms with van der Waals surface area (Å²) in [5.74, 6) is 0.295. The summed E-state index contributed by atoms with van der Waals surface area (Å²) in [7, 11) is 0. The van der Waals surface area contributed by atoms with E-state index in [0.29, 0.717) is 30.2 Å². The Labute approximate surface area is 106 Å². The van der Waals surface area contributed by atoms with Crippen molar-refractivity contribution in [2.24, 2.45) is 11.8 Å². The molecule has 0 aromatic carbocycles. The molecule has 0 spiro atoms. The predicted octanol–water partition coefficient (Wildman–Crippen LogP) is 2.57. The van der Waals surface area contributed by atoms with Crippen LogP contribution < -0.4 is 4.90 Å². The number of hydrogen-bond acceptors (Lipinski definition) is 4. The molecule has 2 heterocycles. The zero-order valence-electron chi connectivity index (χ0n) is 9.86. The number of amides is 1. The quantitative estimate of drug-likeness (QED) is 0.836. The molecule has 100 valence electrons. The van der Waals surface area contributed by atoms with Crippen LogP contribution in [0.2, 0.25) is 0 Å². The van der Waals surface area contributed by atoms with Crippen LogP contribution in [0, 0.1) is 11.8 Å². The van der Waals surface area contributed by atoms with E-state index in [9.17, 15) is 18.0 Å². The zero-order valence-corrected chi connectivity index (χ0v) is 10.7. The second kappa shape index (κ2) is 4.49. The van der Waals surface area contributed by atoms with Gasteiger partial charge in [-0.15, -0.1) is 10.2 Å². The van der Waals surface area contributed by atoms with E-state index in [1.54, 1.807) is 0 Å². The maximum absolute atomic E-state index is 12.4. The van der Waals surface area contributed by atoms with Crippen molar-refractivity contribution in [3.8, 4) is 0 Å². The molecule has 0 radical (unpaired) electrons. The number of anilines is 1. The van der Waals surface area contributed by atoms with Crippen LogP contribution in [0.15, 0.2) is 0 Å². The molecule has 1 amide bonds. The summed E-state index contributed by atoms with van der Waals surface area (Å²) < 4.78 is 37.2. The Hall–Kier alpha value is -1.18. The van der Waals surface area contributed by atoms with Gasteiger partial charge in [-0.25, -0.2) is 0 Å². The van der Waals surface area contributed by atoms with Gasteiger partial charge in [0.1, 0.15) is 0 Å². The van der Waals surface area contributed by atoms with Gasteiger partial charge in [-0.1, -0.05) is 25.2 Å². The molecular formula is C10H12F3N3OS. The Kier molecular flexibility index (Phi) is 3.31. The van der Waals surface area contributed by atoms with E-state index in [-0.39, 0.29) is 17.0 Å². The van der Waals surface area contributed by atoms with Crippen LogP contribution in [0.5, 0.6) is 0 Å². The van der Waals surface area contributed by atoms with Gasteiger partial charge in [0, 0.05) is 13.0 Å². The average molecular weight is 279 g/mol. The zero-order chi connectivity index (χ0) is 13.5. The number of hydrogen-bond donors (Lipinski definition) is 0. The van der Waals surface area contributed by atoms with Gasteiger partial charge in [0.2, 0.25) is 16.0 Å². The van der Waals surface area contributed by atoms with Gasteiger partial charge in [0.05, 0.1) is 0 Å². The summed E-state index contributed by atoms with van der Waals surface area (Å²) in [6.07, 6.45) is -4.14. The normalized spacial score (nSPS) is 21.1. The van der Waals surface area contributed by atoms with Gasteiger partial charge in [-0.05, 0) is 11.8 Å². The van der Waals surface area contributed by atoms with Crippen molar-refractivity contribution < 1.29 is 18.0 Å². The van der Waals surface area contributed by atoms with Gasteiger partial charge < -0.3 is 0 Å². The van der Waals surface area contributed by atoms with Crippen molar-refractivity contribution in [2.45, 2.75) is 26.4 Å². The lowest BCUT2D eigenvalue weighted by molar-refractivity contribution is -0.138. The van der Waals surface area contributed by atoms with Crippen molar-refractivity contribution in [3.05, 3.63) is 5.01 Å². The van der Waals surface area contributed by atoms with Crippen LogP contribution in [-0.2, 0) is 11.0 Å². The van der Waals surface area contributed by atoms with E-state index < -0.39 is 11.2 Å². The summed E-state index contributed by atoms with van der Waals surface area (Å²) in [4.78, 5) is 13.0. The summed E-state index contributed by atoms with van der Waals surface area (Å²) in [5.41, 5.74) is 0. The lowest BCUT2D eigenvalue weighted by Crippen LogP contribution is -2.24. The number of carbonyl (C=O) groups is 1. The van der Waals surface area contributed by atoms with Crippen LogP contribution in [0.25, 0.3) is 0 Å². The van der Waals surface area contributed by atoms with E-state index in [1.165, 1.54) is 4.90 Å². The monoisotopic (exact) mass is 279 g/mol. The predicted molar refractivity (Wildman–Crippen MR) is 60.2 cm³/mol. The van der Waals surface area contributed by atoms with E-state index in [4.69, 9.17) is 0 Å². The fraction of sp³-hybridized carbons (Fsp3) is 0.700. The number of rotatable bonds is 2. The molecule has 2 rings (SSSR count). The van der Waals surface area contributed by atoms with Crippen LogP contribution in [0.3, 0.4) is 0 Å². The molecule has 0 N–H and O–H groups in total. The molecule has 1 fully saturated rings. The maximum Gasteiger partial charge on any atom is 0.445 e. The smallest absolute Gasteiger partial charge is 0.286 e. The highest BCUT2D eigenvalue weighted by Gasteiger charge is 2.39. The largest absolute Gasteiger partial charge is 0.445 e. The van der Waals surface area contributed by atoms with Gasteiger partial charge in [0.25, 0.3) is 0 Å². The number of halogens is 3. The highest BCUT2D eigenvalue weighted by Crippen LogP contribution is 2.36. The Bertz CT molecular complexity index is 457. The maximum atomic E-state index is 12.4. The minimum absolute atomic E-state index is 0.0375. The molecule has 4 nitrogen and oxygen atoms in total. The minimum Gasteiger partial charge on any atom is -0.286 e. The molecule has 1 aliphatic heterocycles. The Balaban J connectivity index is 2.18. The van der Waals surface area contributed by atoms with Gasteiger partial charge in [-0.3, -0.25) is 9.69 Å². The molecule has 1 aromatic rings. The third kappa shape index (κ3) is 2.47. The highest BCUT2D eigenvalue weighted by atomic mass is 32.1. The minimum atomic E-state index is -4.50. The topological polar surface area (TPSA) is 46.1 Å². The first-order valence-corrected chi connectivity index (χ1v) is 6.31. The lowest BCUT2D eigenvalue weighted by Gasteiger charge is -2.14. The van der Waals surface area contributed by atoms with Crippen LogP contribution in [0.1, 0.15) is 25.3 Å². The van der Waals surface area contributed by atoms with Crippen molar-refractivity contribution >= 4 is 22.4 Å². The van der Waals surface area contributed by atoms with Crippen molar-refractivity contribution in [1.82, 2.24) is 10.2 Å². The van der Waals surface area contributed by atoms with Crippen molar-refractivity contribution in [1.29, 1.82) is 0 Å². The van der Waals surface area contributed by atoms with E-state index in [2.05, 4.69) is 10.2 Å². The SMILES string of the molecule is CC(C)[C@H]1CC(=O)N(c2nnc(C(F)(F)F)s2)C1. The molecule has 0 bridgehead atoms. The van der Waals surface area contributed by atoms with Gasteiger partial charge in [-0.2, -0.15) is 13.2 Å². The molecule has 0 unspecified atom stereocenters. The molecule has 1 aromatic heterocycles. The van der Waals surface area contributed by atoms with E-state index in [0.717, 1.165) is 0 Å². The number of aromatic nitrogens is 2. The molecular weight excluding hydrogens is 267 g/mol. The van der Waals surface area contributed by atoms with Crippen LogP contribution >= 0.6 is 11.3 Å². The second-order valence-electron chi connectivity index (χ2n) is 4.60. The summed E-state index contributed by atoms with van der Waals surface area (Å²) in [6, 6.07) is 0. The summed E-state index contributed by atoms with van der Waals surface area (Å²) >= 11 is 0.412. The molecule has 1 atom stereocenters. The molecule has 1 aliphatic rings. The van der Waals surface area contributed by atoms with E-state index in [1.807, 2.05) is 13.8 Å². The molecule has 8 heteroatoms. The van der Waals surface area contributed by atoms with Gasteiger partial charge in [0.15, 0.2) is 0 Å². The van der Waals surface area contributed by atoms with Crippen LogP contribution in [-0.4, -0.2) is 22.6 Å². The first-order chi connectivity index (χ1) is 8.29. The Morgan fingerprint density at radius 1 is 1.39 bits per heavy atom. The standard InChI is InChI=1S/C10H12F3N3OS/c1-5(2)6-3-7(17)16(4-6)9-15-14-8(18-9)10(11,12)13/h5-6H,3-4H2,1-2H3/t6-/m0/s1. The molecule has 0 saturated carbocycles. The summed E-state index contributed by atoms with van der Waals surface area (Å²) in [6.45, 7) is 4.40. The first-order valence-electron chi connectivity index (χ1n) is 5.50. The summed E-state index contributed by atoms with van der Waals surface area (Å²) in [5, 5.41) is 5.57. The van der Waals surface area contributed by atoms with Crippen LogP contribution in [0.4, 0.5) is 18.3 Å². The Morgan fingerprint density at radius 2 is 2.06 bits per heavy atom. The first kappa shape index (κ1) is 13.3. The highest BCUT2D eigenvalue weighted by molar-refractivity contribution is 7.15. The molecule has 0 aliphatic carbocycles. The Morgan fingerprint density at radius 3 is 2.50 bits per heavy atom. The third-order valence-corrected chi connectivity index (χ3v) is 3.98. The van der Waals surface area contributed by atoms with Crippen molar-refractivity contribution in [3.63, 3.8) is 0 Å². The third-order valence-electron chi connectivity index (χ3n) is 2.99. The van der Waals surface area contributed by atoms with Crippen molar-refractivity contribution in [2.75, 3.05) is 11.4 Å². The lowest BCUT2D eigenvalue weighted by atomic mass is 9.95. The fourth-order valence-electron chi connectivity index (χ4n) is 1.81. The molecule has 18 heavy (non-hydrogen) atoms.